The van der Waals surface area contributed by atoms with Gasteiger partial charge in [-0.25, -0.2) is 8.42 Å². The average Bonchev–Trinajstić information content (AvgIpc) is 2.62. The third-order valence-corrected chi connectivity index (χ3v) is 5.72. The maximum absolute atomic E-state index is 12.5. The molecule has 142 valence electrons. The summed E-state index contributed by atoms with van der Waals surface area (Å²) < 4.78 is 31.3. The average molecular weight is 386 g/mol. The number of methoxy groups -OCH3 is 1. The smallest absolute Gasteiger partial charge is 0.252 e. The molecule has 0 bridgehead atoms. The molecule has 0 fully saturated rings. The van der Waals surface area contributed by atoms with E-state index in [2.05, 4.69) is 4.98 Å². The SMILES string of the molecule is COc1ccccc1CN(Cc1cc2cccc(C)c2[nH]c1=O)S(C)(=O)=O. The van der Waals surface area contributed by atoms with Crippen molar-refractivity contribution < 1.29 is 13.2 Å². The number of rotatable bonds is 6. The van der Waals surface area contributed by atoms with Crippen LogP contribution in [0.3, 0.4) is 0 Å². The van der Waals surface area contributed by atoms with Crippen LogP contribution >= 0.6 is 0 Å². The number of nitrogens with one attached hydrogen (secondary N) is 1. The Balaban J connectivity index is 2.00. The van der Waals surface area contributed by atoms with Crippen molar-refractivity contribution in [3.8, 4) is 5.75 Å². The van der Waals surface area contributed by atoms with E-state index in [0.717, 1.165) is 28.3 Å². The molecule has 0 aliphatic carbocycles. The first-order chi connectivity index (χ1) is 12.8. The van der Waals surface area contributed by atoms with Crippen LogP contribution in [-0.2, 0) is 23.1 Å². The molecule has 0 aliphatic heterocycles. The van der Waals surface area contributed by atoms with Crippen LogP contribution in [0.15, 0.2) is 53.3 Å². The number of nitrogens with zero attached hydrogens (tertiary/aromatic N) is 1. The van der Waals surface area contributed by atoms with E-state index in [1.165, 1.54) is 4.31 Å². The van der Waals surface area contributed by atoms with E-state index in [1.807, 2.05) is 43.3 Å². The van der Waals surface area contributed by atoms with Gasteiger partial charge < -0.3 is 9.72 Å². The van der Waals surface area contributed by atoms with E-state index in [0.29, 0.717) is 11.3 Å². The molecule has 0 atom stereocenters. The zero-order chi connectivity index (χ0) is 19.6. The maximum Gasteiger partial charge on any atom is 0.252 e. The Bertz CT molecular complexity index is 1140. The van der Waals surface area contributed by atoms with Crippen LogP contribution in [0.25, 0.3) is 10.9 Å². The third-order valence-electron chi connectivity index (χ3n) is 4.52. The standard InChI is InChI=1S/C20H22N2O4S/c1-14-7-6-9-15-11-17(20(23)21-19(14)15)13-22(27(3,24)25)12-16-8-4-5-10-18(16)26-2/h4-11H,12-13H2,1-3H3,(H,21,23). The Morgan fingerprint density at radius 2 is 1.74 bits per heavy atom. The van der Waals surface area contributed by atoms with E-state index in [4.69, 9.17) is 4.74 Å². The molecule has 0 amide bonds. The van der Waals surface area contributed by atoms with Gasteiger partial charge in [-0.15, -0.1) is 0 Å². The zero-order valence-electron chi connectivity index (χ0n) is 15.5. The summed E-state index contributed by atoms with van der Waals surface area (Å²) in [5.74, 6) is 0.606. The van der Waals surface area contributed by atoms with Gasteiger partial charge in [0.15, 0.2) is 0 Å². The first kappa shape index (κ1) is 19.1. The molecule has 7 heteroatoms. The van der Waals surface area contributed by atoms with Crippen molar-refractivity contribution in [1.29, 1.82) is 0 Å². The number of aromatic nitrogens is 1. The summed E-state index contributed by atoms with van der Waals surface area (Å²) >= 11 is 0. The molecule has 1 N–H and O–H groups in total. The maximum atomic E-state index is 12.5. The largest absolute Gasteiger partial charge is 0.496 e. The van der Waals surface area contributed by atoms with Gasteiger partial charge in [-0.1, -0.05) is 36.4 Å². The second kappa shape index (κ2) is 7.54. The molecule has 2 aromatic carbocycles. The normalized spacial score (nSPS) is 11.9. The lowest BCUT2D eigenvalue weighted by Gasteiger charge is -2.21. The molecule has 0 spiro atoms. The van der Waals surface area contributed by atoms with E-state index in [9.17, 15) is 13.2 Å². The minimum atomic E-state index is -3.54. The third kappa shape index (κ3) is 4.20. The van der Waals surface area contributed by atoms with Gasteiger partial charge in [0, 0.05) is 24.2 Å². The van der Waals surface area contributed by atoms with Gasteiger partial charge in [0.05, 0.1) is 18.9 Å². The number of H-pyrrole nitrogens is 1. The molecule has 0 saturated heterocycles. The summed E-state index contributed by atoms with van der Waals surface area (Å²) in [6, 6.07) is 14.7. The van der Waals surface area contributed by atoms with E-state index < -0.39 is 10.0 Å². The van der Waals surface area contributed by atoms with Gasteiger partial charge in [-0.2, -0.15) is 4.31 Å². The highest BCUT2D eigenvalue weighted by molar-refractivity contribution is 7.88. The molecular formula is C20H22N2O4S. The number of pyridine rings is 1. The van der Waals surface area contributed by atoms with Crippen molar-refractivity contribution in [2.45, 2.75) is 20.0 Å². The van der Waals surface area contributed by atoms with Crippen molar-refractivity contribution >= 4 is 20.9 Å². The fourth-order valence-corrected chi connectivity index (χ4v) is 3.80. The summed E-state index contributed by atoms with van der Waals surface area (Å²) in [6.45, 7) is 2.02. The lowest BCUT2D eigenvalue weighted by Crippen LogP contribution is -2.31. The highest BCUT2D eigenvalue weighted by Gasteiger charge is 2.21. The first-order valence-corrected chi connectivity index (χ1v) is 10.3. The van der Waals surface area contributed by atoms with Crippen LogP contribution < -0.4 is 10.3 Å². The number of aromatic amines is 1. The van der Waals surface area contributed by atoms with Crippen LogP contribution in [0.2, 0.25) is 0 Å². The van der Waals surface area contributed by atoms with E-state index >= 15 is 0 Å². The summed E-state index contributed by atoms with van der Waals surface area (Å²) in [5.41, 5.74) is 2.57. The first-order valence-electron chi connectivity index (χ1n) is 8.48. The minimum Gasteiger partial charge on any atom is -0.496 e. The van der Waals surface area contributed by atoms with Crippen molar-refractivity contribution in [3.05, 3.63) is 75.6 Å². The molecule has 6 nitrogen and oxygen atoms in total. The molecular weight excluding hydrogens is 364 g/mol. The molecule has 1 heterocycles. The lowest BCUT2D eigenvalue weighted by molar-refractivity contribution is 0.377. The molecule has 0 unspecified atom stereocenters. The molecule has 0 radical (unpaired) electrons. The Hall–Kier alpha value is -2.64. The molecule has 3 aromatic rings. The zero-order valence-corrected chi connectivity index (χ0v) is 16.3. The Morgan fingerprint density at radius 1 is 1.04 bits per heavy atom. The van der Waals surface area contributed by atoms with Gasteiger partial charge in [-0.05, 0) is 30.0 Å². The van der Waals surface area contributed by atoms with Crippen LogP contribution in [-0.4, -0.2) is 31.1 Å². The second-order valence-electron chi connectivity index (χ2n) is 6.51. The quantitative estimate of drug-likeness (QED) is 0.706. The Morgan fingerprint density at radius 3 is 2.44 bits per heavy atom. The molecule has 3 rings (SSSR count). The Kier molecular flexibility index (Phi) is 5.34. The lowest BCUT2D eigenvalue weighted by atomic mass is 10.1. The highest BCUT2D eigenvalue weighted by atomic mass is 32.2. The minimum absolute atomic E-state index is 0.0178. The van der Waals surface area contributed by atoms with Crippen LogP contribution in [0.4, 0.5) is 0 Å². The van der Waals surface area contributed by atoms with Gasteiger partial charge in [-0.3, -0.25) is 4.79 Å². The van der Waals surface area contributed by atoms with Gasteiger partial charge >= 0.3 is 0 Å². The number of para-hydroxylation sites is 2. The number of benzene rings is 2. The molecule has 0 saturated carbocycles. The molecule has 27 heavy (non-hydrogen) atoms. The summed E-state index contributed by atoms with van der Waals surface area (Å²) in [6.07, 6.45) is 1.14. The number of fused-ring (bicyclic) bond motifs is 1. The molecule has 0 aliphatic rings. The summed E-state index contributed by atoms with van der Waals surface area (Å²) in [4.78, 5) is 15.4. The predicted octanol–water partition coefficient (Wildman–Crippen LogP) is 2.81. The monoisotopic (exact) mass is 386 g/mol. The van der Waals surface area contributed by atoms with Crippen LogP contribution in [0, 0.1) is 6.92 Å². The van der Waals surface area contributed by atoms with Gasteiger partial charge in [0.25, 0.3) is 5.56 Å². The van der Waals surface area contributed by atoms with Crippen LogP contribution in [0.1, 0.15) is 16.7 Å². The van der Waals surface area contributed by atoms with Crippen molar-refractivity contribution in [1.82, 2.24) is 9.29 Å². The molecule has 1 aromatic heterocycles. The summed E-state index contributed by atoms with van der Waals surface area (Å²) in [7, 11) is -2.00. The van der Waals surface area contributed by atoms with Crippen molar-refractivity contribution in [2.24, 2.45) is 0 Å². The van der Waals surface area contributed by atoms with E-state index in [1.54, 1.807) is 19.2 Å². The number of ether oxygens (including phenoxy) is 1. The Labute approximate surface area is 158 Å². The van der Waals surface area contributed by atoms with Crippen molar-refractivity contribution in [2.75, 3.05) is 13.4 Å². The van der Waals surface area contributed by atoms with Crippen molar-refractivity contribution in [3.63, 3.8) is 0 Å². The van der Waals surface area contributed by atoms with E-state index in [-0.39, 0.29) is 18.6 Å². The predicted molar refractivity (Wildman–Crippen MR) is 106 cm³/mol. The number of hydrogen-bond donors (Lipinski definition) is 1. The fourth-order valence-electron chi connectivity index (χ4n) is 3.05. The van der Waals surface area contributed by atoms with Gasteiger partial charge in [0.1, 0.15) is 5.75 Å². The topological polar surface area (TPSA) is 79.5 Å². The fraction of sp³-hybridized carbons (Fsp3) is 0.250. The van der Waals surface area contributed by atoms with Crippen LogP contribution in [0.5, 0.6) is 5.75 Å². The summed E-state index contributed by atoms with van der Waals surface area (Å²) in [5, 5.41) is 0.871. The highest BCUT2D eigenvalue weighted by Crippen LogP contribution is 2.22. The number of sulfonamides is 1. The second-order valence-corrected chi connectivity index (χ2v) is 8.49. The number of aryl methyl sites for hydroxylation is 1. The van der Waals surface area contributed by atoms with Gasteiger partial charge in [0.2, 0.25) is 10.0 Å². The number of hydrogen-bond acceptors (Lipinski definition) is 4.